The normalized spacial score (nSPS) is 15.8. The van der Waals surface area contributed by atoms with Crippen LogP contribution in [0.4, 0.5) is 15.8 Å². The lowest BCUT2D eigenvalue weighted by molar-refractivity contribution is 0.621. The van der Waals surface area contributed by atoms with Gasteiger partial charge in [-0.25, -0.2) is 4.39 Å². The molecule has 0 radical (unpaired) electrons. The minimum absolute atomic E-state index is 0.209. The maximum Gasteiger partial charge on any atom is 0.139 e. The van der Waals surface area contributed by atoms with Gasteiger partial charge in [0.25, 0.3) is 0 Å². The Labute approximate surface area is 91.2 Å². The fourth-order valence-electron chi connectivity index (χ4n) is 1.65. The fourth-order valence-corrected chi connectivity index (χ4v) is 2.00. The van der Waals surface area contributed by atoms with E-state index in [4.69, 9.17) is 0 Å². The molecule has 1 aliphatic heterocycles. The summed E-state index contributed by atoms with van der Waals surface area (Å²) >= 11 is 3.19. The fraction of sp³-hybridized carbons (Fsp3) is 0.400. The quantitative estimate of drug-likeness (QED) is 0.770. The average Bonchev–Trinajstić information content (AvgIpc) is 2.31. The molecule has 0 unspecified atom stereocenters. The molecule has 1 aliphatic rings. The number of halogens is 2. The Hall–Kier alpha value is -0.770. The third-order valence-electron chi connectivity index (χ3n) is 2.44. The average molecular weight is 259 g/mol. The summed E-state index contributed by atoms with van der Waals surface area (Å²) in [4.78, 5) is 2.07. The molecule has 14 heavy (non-hydrogen) atoms. The van der Waals surface area contributed by atoms with Crippen molar-refractivity contribution in [3.63, 3.8) is 0 Å². The second-order valence-electron chi connectivity index (χ2n) is 3.49. The van der Waals surface area contributed by atoms with E-state index in [-0.39, 0.29) is 5.82 Å². The molecule has 0 aromatic heterocycles. The van der Waals surface area contributed by atoms with Crippen LogP contribution in [-0.4, -0.2) is 20.1 Å². The van der Waals surface area contributed by atoms with Gasteiger partial charge in [0.15, 0.2) is 0 Å². The first-order valence-corrected chi connectivity index (χ1v) is 5.42. The van der Waals surface area contributed by atoms with Crippen LogP contribution in [0.1, 0.15) is 6.42 Å². The summed E-state index contributed by atoms with van der Waals surface area (Å²) in [7, 11) is 1.99. The summed E-state index contributed by atoms with van der Waals surface area (Å²) in [6.45, 7) is 1.90. The Balaban J connectivity index is 2.49. The summed E-state index contributed by atoms with van der Waals surface area (Å²) in [5.74, 6) is -0.209. The third-order valence-corrected chi connectivity index (χ3v) is 3.04. The molecule has 0 atom stereocenters. The van der Waals surface area contributed by atoms with E-state index in [1.165, 1.54) is 0 Å². The first-order chi connectivity index (χ1) is 6.68. The molecule has 0 bridgehead atoms. The van der Waals surface area contributed by atoms with Gasteiger partial charge >= 0.3 is 0 Å². The summed E-state index contributed by atoms with van der Waals surface area (Å²) in [5.41, 5.74) is 1.93. The predicted molar refractivity (Wildman–Crippen MR) is 60.5 cm³/mol. The number of hydrogen-bond donors (Lipinski definition) is 1. The molecule has 1 heterocycles. The number of nitrogens with one attached hydrogen (secondary N) is 1. The van der Waals surface area contributed by atoms with Crippen molar-refractivity contribution in [3.05, 3.63) is 22.4 Å². The molecule has 0 spiro atoms. The van der Waals surface area contributed by atoms with Crippen molar-refractivity contribution in [1.29, 1.82) is 0 Å². The van der Waals surface area contributed by atoms with Gasteiger partial charge < -0.3 is 10.2 Å². The van der Waals surface area contributed by atoms with Crippen molar-refractivity contribution in [3.8, 4) is 0 Å². The Morgan fingerprint density at radius 1 is 1.50 bits per heavy atom. The van der Waals surface area contributed by atoms with E-state index >= 15 is 0 Å². The van der Waals surface area contributed by atoms with E-state index in [9.17, 15) is 4.39 Å². The number of hydrogen-bond acceptors (Lipinski definition) is 2. The minimum atomic E-state index is -0.209. The van der Waals surface area contributed by atoms with E-state index in [1.54, 1.807) is 12.1 Å². The molecule has 1 aromatic rings. The third kappa shape index (κ3) is 1.71. The van der Waals surface area contributed by atoms with E-state index in [1.807, 2.05) is 7.05 Å². The molecule has 2 rings (SSSR count). The van der Waals surface area contributed by atoms with Crippen molar-refractivity contribution in [2.24, 2.45) is 0 Å². The lowest BCUT2D eigenvalue weighted by Gasteiger charge is -2.19. The first kappa shape index (κ1) is 9.77. The van der Waals surface area contributed by atoms with Crippen LogP contribution in [0.15, 0.2) is 16.6 Å². The molecule has 0 fully saturated rings. The standard InChI is InChI=1S/C10H12BrFN2/c1-14-4-2-3-13-9-5-7(11)8(12)6-10(9)14/h5-6,13H,2-4H2,1H3. The van der Waals surface area contributed by atoms with Crippen LogP contribution in [0.25, 0.3) is 0 Å². The Kier molecular flexibility index (Phi) is 2.63. The largest absolute Gasteiger partial charge is 0.383 e. The van der Waals surface area contributed by atoms with Gasteiger partial charge in [-0.15, -0.1) is 0 Å². The van der Waals surface area contributed by atoms with Gasteiger partial charge in [0.05, 0.1) is 15.8 Å². The van der Waals surface area contributed by atoms with Crippen molar-refractivity contribution in [2.45, 2.75) is 6.42 Å². The predicted octanol–water partition coefficient (Wildman–Crippen LogP) is 2.84. The number of anilines is 2. The maximum atomic E-state index is 13.3. The van der Waals surface area contributed by atoms with Gasteiger partial charge in [0, 0.05) is 26.2 Å². The molecular formula is C10H12BrFN2. The lowest BCUT2D eigenvalue weighted by atomic mass is 10.2. The maximum absolute atomic E-state index is 13.3. The van der Waals surface area contributed by atoms with Crippen LogP contribution >= 0.6 is 15.9 Å². The van der Waals surface area contributed by atoms with Crippen molar-refractivity contribution >= 4 is 27.3 Å². The second-order valence-corrected chi connectivity index (χ2v) is 4.34. The van der Waals surface area contributed by atoms with E-state index < -0.39 is 0 Å². The van der Waals surface area contributed by atoms with E-state index in [2.05, 4.69) is 26.1 Å². The van der Waals surface area contributed by atoms with Crippen LogP contribution < -0.4 is 10.2 Å². The Bertz CT molecular complexity index is 354. The molecule has 0 amide bonds. The molecule has 1 aromatic carbocycles. The Morgan fingerprint density at radius 2 is 2.29 bits per heavy atom. The number of nitrogens with zero attached hydrogens (tertiary/aromatic N) is 1. The van der Waals surface area contributed by atoms with Crippen LogP contribution in [0.2, 0.25) is 0 Å². The summed E-state index contributed by atoms with van der Waals surface area (Å²) < 4.78 is 13.8. The van der Waals surface area contributed by atoms with Crippen LogP contribution in [-0.2, 0) is 0 Å². The molecule has 76 valence electrons. The molecular weight excluding hydrogens is 247 g/mol. The van der Waals surface area contributed by atoms with Gasteiger partial charge in [0.2, 0.25) is 0 Å². The van der Waals surface area contributed by atoms with E-state index in [0.717, 1.165) is 30.9 Å². The van der Waals surface area contributed by atoms with Crippen LogP contribution in [0, 0.1) is 5.82 Å². The highest BCUT2D eigenvalue weighted by Gasteiger charge is 2.14. The van der Waals surface area contributed by atoms with Crippen LogP contribution in [0.5, 0.6) is 0 Å². The van der Waals surface area contributed by atoms with Gasteiger partial charge in [-0.3, -0.25) is 0 Å². The summed E-state index contributed by atoms with van der Waals surface area (Å²) in [5, 5.41) is 3.29. The number of fused-ring (bicyclic) bond motifs is 1. The number of rotatable bonds is 0. The molecule has 1 N–H and O–H groups in total. The smallest absolute Gasteiger partial charge is 0.139 e. The summed E-state index contributed by atoms with van der Waals surface area (Å²) in [6.07, 6.45) is 1.07. The highest BCUT2D eigenvalue weighted by Crippen LogP contribution is 2.32. The van der Waals surface area contributed by atoms with Gasteiger partial charge in [-0.2, -0.15) is 0 Å². The summed E-state index contributed by atoms with van der Waals surface area (Å²) in [6, 6.07) is 3.37. The molecule has 4 heteroatoms. The van der Waals surface area contributed by atoms with Crippen molar-refractivity contribution in [2.75, 3.05) is 30.4 Å². The zero-order valence-electron chi connectivity index (χ0n) is 7.98. The number of benzene rings is 1. The van der Waals surface area contributed by atoms with E-state index in [0.29, 0.717) is 4.47 Å². The highest BCUT2D eigenvalue weighted by atomic mass is 79.9. The van der Waals surface area contributed by atoms with Crippen molar-refractivity contribution < 1.29 is 4.39 Å². The van der Waals surface area contributed by atoms with Crippen LogP contribution in [0.3, 0.4) is 0 Å². The second kappa shape index (κ2) is 3.77. The first-order valence-electron chi connectivity index (χ1n) is 4.62. The zero-order valence-corrected chi connectivity index (χ0v) is 9.57. The molecule has 0 saturated carbocycles. The molecule has 0 aliphatic carbocycles. The lowest BCUT2D eigenvalue weighted by Crippen LogP contribution is -2.17. The van der Waals surface area contributed by atoms with Gasteiger partial charge in [0.1, 0.15) is 5.82 Å². The zero-order chi connectivity index (χ0) is 10.1. The van der Waals surface area contributed by atoms with Gasteiger partial charge in [-0.05, 0) is 28.4 Å². The SMILES string of the molecule is CN1CCCNc2cc(Br)c(F)cc21. The Morgan fingerprint density at radius 3 is 3.07 bits per heavy atom. The topological polar surface area (TPSA) is 15.3 Å². The minimum Gasteiger partial charge on any atom is -0.383 e. The molecule has 2 nitrogen and oxygen atoms in total. The monoisotopic (exact) mass is 258 g/mol. The highest BCUT2D eigenvalue weighted by molar-refractivity contribution is 9.10. The van der Waals surface area contributed by atoms with Crippen molar-refractivity contribution in [1.82, 2.24) is 0 Å². The van der Waals surface area contributed by atoms with Gasteiger partial charge in [-0.1, -0.05) is 0 Å². The molecule has 0 saturated heterocycles.